The molecule has 0 atom stereocenters. The summed E-state index contributed by atoms with van der Waals surface area (Å²) in [5.74, 6) is -2.84. The van der Waals surface area contributed by atoms with Gasteiger partial charge in [0.05, 0.1) is 0 Å². The number of aromatic nitrogens is 2. The van der Waals surface area contributed by atoms with Gasteiger partial charge in [0.2, 0.25) is 0 Å². The van der Waals surface area contributed by atoms with E-state index in [9.17, 15) is 13.6 Å². The van der Waals surface area contributed by atoms with Gasteiger partial charge in [0.25, 0.3) is 11.8 Å². The van der Waals surface area contributed by atoms with E-state index in [1.807, 2.05) is 6.07 Å². The molecule has 0 radical (unpaired) electrons. The first-order chi connectivity index (χ1) is 8.55. The molecule has 1 aliphatic rings. The summed E-state index contributed by atoms with van der Waals surface area (Å²) in [7, 11) is 0. The standard InChI is InChI=1S/C12H13F2N3O/c13-12(14)2-5-17(6-3-12)11(18)9-7-8-1-4-15-10(8)16-9/h1,4,7,15-16H,2-3,5-6H2. The van der Waals surface area contributed by atoms with Gasteiger partial charge in [0.15, 0.2) is 0 Å². The Labute approximate surface area is 102 Å². The fraction of sp³-hybridized carbons (Fsp3) is 0.417. The number of H-pyrrole nitrogens is 2. The molecule has 3 heterocycles. The molecule has 0 unspecified atom stereocenters. The summed E-state index contributed by atoms with van der Waals surface area (Å²) in [4.78, 5) is 19.5. The van der Waals surface area contributed by atoms with Crippen LogP contribution in [0.2, 0.25) is 0 Å². The highest BCUT2D eigenvalue weighted by atomic mass is 19.3. The third-order valence-electron chi connectivity index (χ3n) is 3.35. The second-order valence-electron chi connectivity index (χ2n) is 4.64. The van der Waals surface area contributed by atoms with E-state index in [2.05, 4.69) is 9.97 Å². The van der Waals surface area contributed by atoms with Crippen molar-refractivity contribution in [1.82, 2.24) is 14.9 Å². The maximum Gasteiger partial charge on any atom is 0.270 e. The predicted molar refractivity (Wildman–Crippen MR) is 62.7 cm³/mol. The summed E-state index contributed by atoms with van der Waals surface area (Å²) in [6.07, 6.45) is 1.27. The lowest BCUT2D eigenvalue weighted by atomic mass is 10.1. The lowest BCUT2D eigenvalue weighted by Gasteiger charge is -2.31. The van der Waals surface area contributed by atoms with Crippen molar-refractivity contribution in [2.45, 2.75) is 18.8 Å². The largest absolute Gasteiger partial charge is 0.348 e. The number of hydrogen-bond acceptors (Lipinski definition) is 1. The van der Waals surface area contributed by atoms with Gasteiger partial charge in [-0.15, -0.1) is 0 Å². The zero-order valence-corrected chi connectivity index (χ0v) is 9.67. The van der Waals surface area contributed by atoms with E-state index in [0.717, 1.165) is 11.0 Å². The van der Waals surface area contributed by atoms with Gasteiger partial charge in [0.1, 0.15) is 11.3 Å². The summed E-state index contributed by atoms with van der Waals surface area (Å²) in [5.41, 5.74) is 1.22. The van der Waals surface area contributed by atoms with Crippen molar-refractivity contribution in [3.8, 4) is 0 Å². The van der Waals surface area contributed by atoms with Crippen molar-refractivity contribution in [3.05, 3.63) is 24.0 Å². The molecule has 0 saturated carbocycles. The maximum absolute atomic E-state index is 13.0. The van der Waals surface area contributed by atoms with Gasteiger partial charge in [0, 0.05) is 37.5 Å². The lowest BCUT2D eigenvalue weighted by molar-refractivity contribution is -0.0495. The molecule has 18 heavy (non-hydrogen) atoms. The van der Waals surface area contributed by atoms with E-state index >= 15 is 0 Å². The first kappa shape index (κ1) is 11.3. The van der Waals surface area contributed by atoms with Crippen LogP contribution in [0.25, 0.3) is 11.0 Å². The molecule has 4 nitrogen and oxygen atoms in total. The van der Waals surface area contributed by atoms with Crippen LogP contribution < -0.4 is 0 Å². The van der Waals surface area contributed by atoms with Crippen molar-refractivity contribution >= 4 is 16.9 Å². The Kier molecular flexibility index (Phi) is 2.39. The monoisotopic (exact) mass is 253 g/mol. The number of carbonyl (C=O) groups excluding carboxylic acids is 1. The molecule has 0 aromatic carbocycles. The minimum absolute atomic E-state index is 0.110. The summed E-state index contributed by atoms with van der Waals surface area (Å²) in [6.45, 7) is 0.220. The average Bonchev–Trinajstić information content (AvgIpc) is 2.88. The summed E-state index contributed by atoms with van der Waals surface area (Å²) in [6, 6.07) is 3.59. The summed E-state index contributed by atoms with van der Waals surface area (Å²) < 4.78 is 26.0. The maximum atomic E-state index is 13.0. The van der Waals surface area contributed by atoms with Crippen LogP contribution in [0.3, 0.4) is 0 Å². The molecule has 1 aliphatic heterocycles. The zero-order chi connectivity index (χ0) is 12.8. The van der Waals surface area contributed by atoms with Crippen molar-refractivity contribution in [2.24, 2.45) is 0 Å². The number of amides is 1. The first-order valence-electron chi connectivity index (χ1n) is 5.88. The van der Waals surface area contributed by atoms with Crippen molar-refractivity contribution in [1.29, 1.82) is 0 Å². The van der Waals surface area contributed by atoms with Crippen molar-refractivity contribution in [2.75, 3.05) is 13.1 Å². The molecule has 6 heteroatoms. The van der Waals surface area contributed by atoms with Gasteiger partial charge in [-0.1, -0.05) is 0 Å². The van der Waals surface area contributed by atoms with Crippen molar-refractivity contribution in [3.63, 3.8) is 0 Å². The van der Waals surface area contributed by atoms with E-state index in [1.165, 1.54) is 4.90 Å². The molecule has 3 rings (SSSR count). The Morgan fingerprint density at radius 1 is 1.33 bits per heavy atom. The first-order valence-corrected chi connectivity index (χ1v) is 5.88. The molecule has 2 aromatic heterocycles. The molecule has 1 saturated heterocycles. The number of hydrogen-bond donors (Lipinski definition) is 2. The molecule has 0 spiro atoms. The van der Waals surface area contributed by atoms with Crippen LogP contribution >= 0.6 is 0 Å². The highest BCUT2D eigenvalue weighted by Gasteiger charge is 2.36. The van der Waals surface area contributed by atoms with E-state index in [0.29, 0.717) is 5.69 Å². The summed E-state index contributed by atoms with van der Waals surface area (Å²) >= 11 is 0. The number of likely N-dealkylation sites (tertiary alicyclic amines) is 1. The fourth-order valence-corrected chi connectivity index (χ4v) is 2.26. The number of alkyl halides is 2. The molecule has 1 fully saturated rings. The second kappa shape index (κ2) is 3.83. The Balaban J connectivity index is 1.77. The number of nitrogens with zero attached hydrogens (tertiary/aromatic N) is 1. The molecule has 2 N–H and O–H groups in total. The smallest absolute Gasteiger partial charge is 0.270 e. The van der Waals surface area contributed by atoms with Crippen LogP contribution in [0.5, 0.6) is 0 Å². The highest BCUT2D eigenvalue weighted by Crippen LogP contribution is 2.28. The number of carbonyl (C=O) groups is 1. The number of piperidine rings is 1. The van der Waals surface area contributed by atoms with Crippen LogP contribution in [-0.2, 0) is 0 Å². The van der Waals surface area contributed by atoms with Crippen LogP contribution in [0.1, 0.15) is 23.3 Å². The van der Waals surface area contributed by atoms with E-state index in [-0.39, 0.29) is 31.8 Å². The Hall–Kier alpha value is -1.85. The van der Waals surface area contributed by atoms with Crippen LogP contribution in [0.15, 0.2) is 18.3 Å². The molecule has 0 bridgehead atoms. The Morgan fingerprint density at radius 3 is 2.72 bits per heavy atom. The minimum atomic E-state index is -2.63. The predicted octanol–water partition coefficient (Wildman–Crippen LogP) is 2.37. The van der Waals surface area contributed by atoms with Gasteiger partial charge < -0.3 is 14.9 Å². The molecule has 2 aromatic rings. The second-order valence-corrected chi connectivity index (χ2v) is 4.64. The molecular weight excluding hydrogens is 240 g/mol. The normalized spacial score (nSPS) is 19.3. The quantitative estimate of drug-likeness (QED) is 0.805. The molecular formula is C12H13F2N3O. The van der Waals surface area contributed by atoms with E-state index in [1.54, 1.807) is 12.3 Å². The average molecular weight is 253 g/mol. The lowest BCUT2D eigenvalue weighted by Crippen LogP contribution is -2.42. The number of aromatic amines is 2. The Morgan fingerprint density at radius 2 is 2.06 bits per heavy atom. The number of fused-ring (bicyclic) bond motifs is 1. The van der Waals surface area contributed by atoms with Crippen LogP contribution in [0, 0.1) is 0 Å². The molecule has 96 valence electrons. The highest BCUT2D eigenvalue weighted by molar-refractivity contribution is 5.97. The third kappa shape index (κ3) is 1.87. The summed E-state index contributed by atoms with van der Waals surface area (Å²) in [5, 5.41) is 0.917. The van der Waals surface area contributed by atoms with Gasteiger partial charge >= 0.3 is 0 Å². The number of nitrogens with one attached hydrogen (secondary N) is 2. The van der Waals surface area contributed by atoms with Gasteiger partial charge in [-0.3, -0.25) is 4.79 Å². The molecule has 0 aliphatic carbocycles. The minimum Gasteiger partial charge on any atom is -0.348 e. The third-order valence-corrected chi connectivity index (χ3v) is 3.35. The van der Waals surface area contributed by atoms with Gasteiger partial charge in [-0.2, -0.15) is 0 Å². The van der Waals surface area contributed by atoms with Gasteiger partial charge in [-0.25, -0.2) is 8.78 Å². The van der Waals surface area contributed by atoms with Crippen LogP contribution in [-0.4, -0.2) is 39.8 Å². The Bertz CT molecular complexity index is 548. The van der Waals surface area contributed by atoms with E-state index in [4.69, 9.17) is 0 Å². The SMILES string of the molecule is O=C(c1cc2cc[nH]c2[nH]1)N1CCC(F)(F)CC1. The molecule has 1 amide bonds. The topological polar surface area (TPSA) is 51.9 Å². The van der Waals surface area contributed by atoms with Crippen molar-refractivity contribution < 1.29 is 13.6 Å². The van der Waals surface area contributed by atoms with Gasteiger partial charge in [-0.05, 0) is 12.1 Å². The number of rotatable bonds is 1. The fourth-order valence-electron chi connectivity index (χ4n) is 2.26. The number of halogens is 2. The zero-order valence-electron chi connectivity index (χ0n) is 9.67. The van der Waals surface area contributed by atoms with E-state index < -0.39 is 5.92 Å². The van der Waals surface area contributed by atoms with Crippen LogP contribution in [0.4, 0.5) is 8.78 Å².